The summed E-state index contributed by atoms with van der Waals surface area (Å²) in [6.07, 6.45) is 16.0. The number of hydrogen-bond acceptors (Lipinski definition) is 2. The van der Waals surface area contributed by atoms with Crippen molar-refractivity contribution in [3.63, 3.8) is 0 Å². The Morgan fingerprint density at radius 1 is 0.667 bits per heavy atom. The van der Waals surface area contributed by atoms with Crippen LogP contribution in [-0.2, 0) is 6.42 Å². The Hall–Kier alpha value is -1.83. The van der Waals surface area contributed by atoms with Crippen LogP contribution in [0.3, 0.4) is 0 Å². The maximum Gasteiger partial charge on any atom is 0.119 e. The Morgan fingerprint density at radius 3 is 1.96 bits per heavy atom. The summed E-state index contributed by atoms with van der Waals surface area (Å²) in [5, 5.41) is 0. The van der Waals surface area contributed by atoms with E-state index >= 15 is 0 Å². The predicted octanol–water partition coefficient (Wildman–Crippen LogP) is 7.61. The molecule has 27 heavy (non-hydrogen) atoms. The number of aromatic nitrogens is 1. The number of benzene rings is 1. The summed E-state index contributed by atoms with van der Waals surface area (Å²) in [6, 6.07) is 12.8. The van der Waals surface area contributed by atoms with E-state index in [2.05, 4.69) is 55.2 Å². The van der Waals surface area contributed by atoms with Gasteiger partial charge in [0.2, 0.25) is 0 Å². The minimum absolute atomic E-state index is 0.819. The van der Waals surface area contributed by atoms with E-state index in [1.807, 2.05) is 6.20 Å². The fraction of sp³-hybridized carbons (Fsp3) is 0.560. The SMILES string of the molecule is CCCCCCCCOc1ccc(-c2ccc(CCCCCC)nc2)cc1. The largest absolute Gasteiger partial charge is 0.494 e. The van der Waals surface area contributed by atoms with Crippen LogP contribution in [0.25, 0.3) is 11.1 Å². The van der Waals surface area contributed by atoms with Gasteiger partial charge in [-0.25, -0.2) is 0 Å². The summed E-state index contributed by atoms with van der Waals surface area (Å²) in [4.78, 5) is 4.64. The average Bonchev–Trinajstić information content (AvgIpc) is 2.71. The smallest absolute Gasteiger partial charge is 0.119 e. The van der Waals surface area contributed by atoms with Gasteiger partial charge in [0.15, 0.2) is 0 Å². The molecule has 0 spiro atoms. The van der Waals surface area contributed by atoms with E-state index in [0.29, 0.717) is 0 Å². The van der Waals surface area contributed by atoms with E-state index in [1.165, 1.54) is 74.6 Å². The molecule has 0 unspecified atom stereocenters. The van der Waals surface area contributed by atoms with Gasteiger partial charge in [-0.2, -0.15) is 0 Å². The summed E-state index contributed by atoms with van der Waals surface area (Å²) >= 11 is 0. The van der Waals surface area contributed by atoms with Crippen LogP contribution in [0.4, 0.5) is 0 Å². The van der Waals surface area contributed by atoms with Crippen LogP contribution in [0.2, 0.25) is 0 Å². The van der Waals surface area contributed by atoms with Crippen molar-refractivity contribution in [3.05, 3.63) is 48.3 Å². The summed E-state index contributed by atoms with van der Waals surface area (Å²) in [7, 11) is 0. The van der Waals surface area contributed by atoms with Crippen LogP contribution in [0, 0.1) is 0 Å². The Labute approximate surface area is 166 Å². The number of nitrogens with zero attached hydrogens (tertiary/aromatic N) is 1. The molecule has 0 amide bonds. The number of unbranched alkanes of at least 4 members (excludes halogenated alkanes) is 8. The maximum atomic E-state index is 5.87. The van der Waals surface area contributed by atoms with E-state index in [9.17, 15) is 0 Å². The zero-order chi connectivity index (χ0) is 19.2. The van der Waals surface area contributed by atoms with Crippen molar-refractivity contribution >= 4 is 0 Å². The third kappa shape index (κ3) is 8.60. The first-order chi connectivity index (χ1) is 13.3. The highest BCUT2D eigenvalue weighted by atomic mass is 16.5. The first-order valence-electron chi connectivity index (χ1n) is 11.0. The molecule has 0 fully saturated rings. The normalized spacial score (nSPS) is 10.9. The molecule has 0 saturated carbocycles. The van der Waals surface area contributed by atoms with Gasteiger partial charge in [0.1, 0.15) is 5.75 Å². The van der Waals surface area contributed by atoms with E-state index < -0.39 is 0 Å². The predicted molar refractivity (Wildman–Crippen MR) is 116 cm³/mol. The van der Waals surface area contributed by atoms with E-state index in [4.69, 9.17) is 4.74 Å². The van der Waals surface area contributed by atoms with Crippen molar-refractivity contribution in [1.29, 1.82) is 0 Å². The van der Waals surface area contributed by atoms with Gasteiger partial charge in [-0.05, 0) is 43.0 Å². The standard InChI is InChI=1S/C25H37NO/c1-3-5-7-9-10-12-20-27-25-18-15-22(16-19-25)23-14-17-24(26-21-23)13-11-8-6-4-2/h14-19,21H,3-13,20H2,1-2H3. The van der Waals surface area contributed by atoms with Gasteiger partial charge in [-0.1, -0.05) is 83.4 Å². The zero-order valence-electron chi connectivity index (χ0n) is 17.4. The molecule has 0 atom stereocenters. The third-order valence-electron chi connectivity index (χ3n) is 5.07. The number of pyridine rings is 1. The Kier molecular flexibility index (Phi) is 10.6. The lowest BCUT2D eigenvalue weighted by Gasteiger charge is -2.08. The molecule has 148 valence electrons. The molecule has 0 aliphatic carbocycles. The molecule has 1 aromatic carbocycles. The number of ether oxygens (including phenoxy) is 1. The number of rotatable bonds is 14. The number of hydrogen-bond donors (Lipinski definition) is 0. The van der Waals surface area contributed by atoms with Gasteiger partial charge in [0, 0.05) is 17.5 Å². The fourth-order valence-electron chi connectivity index (χ4n) is 3.29. The molecule has 2 aromatic rings. The van der Waals surface area contributed by atoms with E-state index in [0.717, 1.165) is 25.2 Å². The van der Waals surface area contributed by atoms with Crippen LogP contribution < -0.4 is 4.74 Å². The quantitative estimate of drug-likeness (QED) is 0.320. The third-order valence-corrected chi connectivity index (χ3v) is 5.07. The molecule has 2 heteroatoms. The van der Waals surface area contributed by atoms with Gasteiger partial charge in [-0.15, -0.1) is 0 Å². The molecule has 0 saturated heterocycles. The number of aryl methyl sites for hydroxylation is 1. The van der Waals surface area contributed by atoms with Crippen molar-refractivity contribution in [2.24, 2.45) is 0 Å². The van der Waals surface area contributed by atoms with Gasteiger partial charge in [0.25, 0.3) is 0 Å². The summed E-state index contributed by atoms with van der Waals surface area (Å²) in [5.74, 6) is 0.966. The molecular weight excluding hydrogens is 330 g/mol. The van der Waals surface area contributed by atoms with Crippen LogP contribution in [0.15, 0.2) is 42.6 Å². The minimum Gasteiger partial charge on any atom is -0.494 e. The summed E-state index contributed by atoms with van der Waals surface area (Å²) in [6.45, 7) is 5.32. The molecule has 1 heterocycles. The van der Waals surface area contributed by atoms with Crippen molar-refractivity contribution in [2.75, 3.05) is 6.61 Å². The van der Waals surface area contributed by atoms with Crippen molar-refractivity contribution in [1.82, 2.24) is 4.98 Å². The highest BCUT2D eigenvalue weighted by Crippen LogP contribution is 2.22. The molecule has 0 aliphatic rings. The minimum atomic E-state index is 0.819. The maximum absolute atomic E-state index is 5.87. The first kappa shape index (κ1) is 21.5. The Balaban J connectivity index is 1.72. The van der Waals surface area contributed by atoms with Crippen molar-refractivity contribution in [3.8, 4) is 16.9 Å². The second-order valence-corrected chi connectivity index (χ2v) is 7.49. The van der Waals surface area contributed by atoms with E-state index in [1.54, 1.807) is 0 Å². The molecule has 0 aliphatic heterocycles. The monoisotopic (exact) mass is 367 g/mol. The second-order valence-electron chi connectivity index (χ2n) is 7.49. The molecule has 2 rings (SSSR count). The lowest BCUT2D eigenvalue weighted by molar-refractivity contribution is 0.304. The highest BCUT2D eigenvalue weighted by Gasteiger charge is 2.01. The van der Waals surface area contributed by atoms with E-state index in [-0.39, 0.29) is 0 Å². The zero-order valence-corrected chi connectivity index (χ0v) is 17.4. The molecule has 0 bridgehead atoms. The van der Waals surface area contributed by atoms with Gasteiger partial charge >= 0.3 is 0 Å². The highest BCUT2D eigenvalue weighted by molar-refractivity contribution is 5.63. The fourth-order valence-corrected chi connectivity index (χ4v) is 3.29. The average molecular weight is 368 g/mol. The summed E-state index contributed by atoms with van der Waals surface area (Å²) in [5.41, 5.74) is 3.58. The van der Waals surface area contributed by atoms with Gasteiger partial charge in [-0.3, -0.25) is 4.98 Å². The Bertz CT molecular complexity index is 603. The van der Waals surface area contributed by atoms with Gasteiger partial charge in [0.05, 0.1) is 6.61 Å². The molecule has 0 N–H and O–H groups in total. The van der Waals surface area contributed by atoms with Crippen LogP contribution in [0.5, 0.6) is 5.75 Å². The lowest BCUT2D eigenvalue weighted by Crippen LogP contribution is -1.97. The molecule has 2 nitrogen and oxygen atoms in total. The van der Waals surface area contributed by atoms with Crippen LogP contribution in [-0.4, -0.2) is 11.6 Å². The first-order valence-corrected chi connectivity index (χ1v) is 11.0. The van der Waals surface area contributed by atoms with Crippen LogP contribution in [0.1, 0.15) is 83.7 Å². The summed E-state index contributed by atoms with van der Waals surface area (Å²) < 4.78 is 5.87. The van der Waals surface area contributed by atoms with Crippen molar-refractivity contribution < 1.29 is 4.74 Å². The lowest BCUT2D eigenvalue weighted by atomic mass is 10.1. The van der Waals surface area contributed by atoms with Crippen LogP contribution >= 0.6 is 0 Å². The van der Waals surface area contributed by atoms with Crippen molar-refractivity contribution in [2.45, 2.75) is 84.5 Å². The molecular formula is C25H37NO. The molecule has 1 aromatic heterocycles. The second kappa shape index (κ2) is 13.4. The molecule has 0 radical (unpaired) electrons. The Morgan fingerprint density at radius 2 is 1.30 bits per heavy atom. The topological polar surface area (TPSA) is 22.1 Å². The van der Waals surface area contributed by atoms with Gasteiger partial charge < -0.3 is 4.74 Å².